The molecule has 0 saturated carbocycles. The summed E-state index contributed by atoms with van der Waals surface area (Å²) in [7, 11) is 0. The molecule has 7 nitrogen and oxygen atoms in total. The number of hydrogen-bond donors (Lipinski definition) is 1. The van der Waals surface area contributed by atoms with E-state index in [4.69, 9.17) is 0 Å². The number of nitrogens with one attached hydrogen (secondary N) is 1. The van der Waals surface area contributed by atoms with E-state index in [0.29, 0.717) is 22.5 Å². The number of thioether (sulfide) groups is 1. The van der Waals surface area contributed by atoms with E-state index in [2.05, 4.69) is 10.3 Å². The largest absolute Gasteiger partial charge is 0.324 e. The molecule has 4 rings (SSSR count). The van der Waals surface area contributed by atoms with Crippen molar-refractivity contribution in [3.63, 3.8) is 0 Å². The van der Waals surface area contributed by atoms with Crippen LogP contribution in [0.4, 0.5) is 5.69 Å². The number of carbonyl (C=O) groups is 2. The molecule has 0 spiro atoms. The van der Waals surface area contributed by atoms with Crippen molar-refractivity contribution in [2.24, 2.45) is 0 Å². The molecule has 31 heavy (non-hydrogen) atoms. The number of nitrogens with zero attached hydrogens (tertiary/aromatic N) is 3. The minimum absolute atomic E-state index is 0.133. The number of hydrogen-bond acceptors (Lipinski definition) is 5. The summed E-state index contributed by atoms with van der Waals surface area (Å²) in [6, 6.07) is 12.4. The summed E-state index contributed by atoms with van der Waals surface area (Å²) in [5.41, 5.74) is 3.45. The van der Waals surface area contributed by atoms with Crippen molar-refractivity contribution >= 4 is 40.2 Å². The summed E-state index contributed by atoms with van der Waals surface area (Å²) in [5, 5.41) is 3.46. The molecule has 3 aromatic rings. The van der Waals surface area contributed by atoms with Crippen LogP contribution < -0.4 is 10.9 Å². The van der Waals surface area contributed by atoms with Crippen molar-refractivity contribution < 1.29 is 9.59 Å². The topological polar surface area (TPSA) is 84.3 Å². The number of carbonyl (C=O) groups excluding carboxylic acids is 2. The van der Waals surface area contributed by atoms with E-state index in [0.717, 1.165) is 16.8 Å². The predicted molar refractivity (Wildman–Crippen MR) is 123 cm³/mol. The minimum Gasteiger partial charge on any atom is -0.324 e. The fourth-order valence-corrected chi connectivity index (χ4v) is 4.76. The first-order chi connectivity index (χ1) is 14.9. The molecular formula is C23H24N4O3S. The van der Waals surface area contributed by atoms with Gasteiger partial charge in [0.15, 0.2) is 0 Å². The van der Waals surface area contributed by atoms with Crippen LogP contribution in [0, 0.1) is 13.8 Å². The van der Waals surface area contributed by atoms with Gasteiger partial charge in [0.2, 0.25) is 11.8 Å². The molecule has 0 radical (unpaired) electrons. The molecule has 1 fully saturated rings. The van der Waals surface area contributed by atoms with Crippen LogP contribution in [0.3, 0.4) is 0 Å². The van der Waals surface area contributed by atoms with E-state index in [1.165, 1.54) is 10.9 Å². The normalized spacial score (nSPS) is 15.9. The smallest absolute Gasteiger partial charge is 0.261 e. The highest BCUT2D eigenvalue weighted by molar-refractivity contribution is 7.99. The second kappa shape index (κ2) is 8.93. The van der Waals surface area contributed by atoms with Gasteiger partial charge < -0.3 is 10.2 Å². The van der Waals surface area contributed by atoms with Gasteiger partial charge in [-0.05, 0) is 49.2 Å². The number of rotatable bonds is 5. The van der Waals surface area contributed by atoms with Gasteiger partial charge in [-0.25, -0.2) is 4.98 Å². The third-order valence-corrected chi connectivity index (χ3v) is 6.59. The van der Waals surface area contributed by atoms with Crippen LogP contribution in [-0.4, -0.2) is 43.9 Å². The lowest BCUT2D eigenvalue weighted by molar-refractivity contribution is -0.136. The summed E-state index contributed by atoms with van der Waals surface area (Å²) in [4.78, 5) is 44.2. The van der Waals surface area contributed by atoms with Crippen molar-refractivity contribution in [3.05, 3.63) is 70.3 Å². The van der Waals surface area contributed by atoms with E-state index in [9.17, 15) is 14.4 Å². The molecule has 1 aliphatic rings. The van der Waals surface area contributed by atoms with Gasteiger partial charge in [-0.1, -0.05) is 18.2 Å². The zero-order chi connectivity index (χ0) is 22.0. The molecule has 1 atom stereocenters. The van der Waals surface area contributed by atoms with E-state index in [1.807, 2.05) is 38.1 Å². The quantitative estimate of drug-likeness (QED) is 0.665. The summed E-state index contributed by atoms with van der Waals surface area (Å²) in [5.74, 6) is 0.686. The van der Waals surface area contributed by atoms with Crippen molar-refractivity contribution in [2.45, 2.75) is 32.9 Å². The molecule has 2 aromatic carbocycles. The lowest BCUT2D eigenvalue weighted by atomic mass is 10.1. The number of aryl methyl sites for hydroxylation is 3. The Morgan fingerprint density at radius 3 is 2.77 bits per heavy atom. The van der Waals surface area contributed by atoms with Crippen LogP contribution in [0.15, 0.2) is 53.6 Å². The van der Waals surface area contributed by atoms with Crippen molar-refractivity contribution in [1.82, 2.24) is 14.5 Å². The van der Waals surface area contributed by atoms with E-state index < -0.39 is 6.04 Å². The van der Waals surface area contributed by atoms with Gasteiger partial charge in [-0.2, -0.15) is 0 Å². The van der Waals surface area contributed by atoms with Crippen LogP contribution in [0.5, 0.6) is 0 Å². The van der Waals surface area contributed by atoms with Crippen molar-refractivity contribution in [3.8, 4) is 0 Å². The summed E-state index contributed by atoms with van der Waals surface area (Å²) in [6.45, 7) is 4.24. The molecule has 0 bridgehead atoms. The summed E-state index contributed by atoms with van der Waals surface area (Å²) in [6.07, 6.45) is 1.61. The maximum Gasteiger partial charge on any atom is 0.261 e. The number of benzene rings is 2. The first-order valence-electron chi connectivity index (χ1n) is 10.1. The highest BCUT2D eigenvalue weighted by Gasteiger charge is 2.34. The molecule has 2 amide bonds. The number of para-hydroxylation sites is 1. The van der Waals surface area contributed by atoms with Gasteiger partial charge in [0.05, 0.1) is 23.1 Å². The first-order valence-corrected chi connectivity index (χ1v) is 11.3. The van der Waals surface area contributed by atoms with Gasteiger partial charge in [-0.15, -0.1) is 11.8 Å². The Morgan fingerprint density at radius 1 is 1.16 bits per heavy atom. The Hall–Kier alpha value is -3.13. The van der Waals surface area contributed by atoms with Crippen molar-refractivity contribution in [1.29, 1.82) is 0 Å². The standard InChI is InChI=1S/C23H24N4O3S/c1-15-7-8-17(11-16(15)2)25-22(29)20-12-31-14-27(20)21(28)9-10-26-13-24-19-6-4-3-5-18(19)23(26)30/h3-8,11,13,20H,9-10,12,14H2,1-2H3,(H,25,29). The molecule has 1 aromatic heterocycles. The Bertz CT molecular complexity index is 1210. The van der Waals surface area contributed by atoms with Gasteiger partial charge in [0.25, 0.3) is 5.56 Å². The fourth-order valence-electron chi connectivity index (χ4n) is 3.58. The molecule has 0 aliphatic carbocycles. The second-order valence-corrected chi connectivity index (χ2v) is 8.68. The maximum atomic E-state index is 12.9. The predicted octanol–water partition coefficient (Wildman–Crippen LogP) is 2.94. The van der Waals surface area contributed by atoms with Gasteiger partial charge >= 0.3 is 0 Å². The molecule has 1 saturated heterocycles. The molecule has 1 aliphatic heterocycles. The van der Waals surface area contributed by atoms with Crippen LogP contribution >= 0.6 is 11.8 Å². The van der Waals surface area contributed by atoms with Gasteiger partial charge in [-0.3, -0.25) is 19.0 Å². The lowest BCUT2D eigenvalue weighted by Crippen LogP contribution is -2.44. The second-order valence-electron chi connectivity index (χ2n) is 7.68. The van der Waals surface area contributed by atoms with E-state index >= 15 is 0 Å². The molecule has 1 unspecified atom stereocenters. The van der Waals surface area contributed by atoms with Crippen molar-refractivity contribution in [2.75, 3.05) is 16.9 Å². The minimum atomic E-state index is -0.523. The average molecular weight is 437 g/mol. The highest BCUT2D eigenvalue weighted by atomic mass is 32.2. The monoisotopic (exact) mass is 436 g/mol. The molecule has 8 heteroatoms. The van der Waals surface area contributed by atoms with Gasteiger partial charge in [0, 0.05) is 24.4 Å². The number of fused-ring (bicyclic) bond motifs is 1. The zero-order valence-corrected chi connectivity index (χ0v) is 18.3. The van der Waals surface area contributed by atoms with Crippen LogP contribution in [0.1, 0.15) is 17.5 Å². The third-order valence-electron chi connectivity index (χ3n) is 5.58. The Morgan fingerprint density at radius 2 is 1.97 bits per heavy atom. The molecule has 2 heterocycles. The van der Waals surface area contributed by atoms with E-state index in [1.54, 1.807) is 34.9 Å². The fraction of sp³-hybridized carbons (Fsp3) is 0.304. The third kappa shape index (κ3) is 4.49. The van der Waals surface area contributed by atoms with Gasteiger partial charge in [0.1, 0.15) is 6.04 Å². The molecule has 1 N–H and O–H groups in total. The van der Waals surface area contributed by atoms with Crippen LogP contribution in [0.2, 0.25) is 0 Å². The molecule has 160 valence electrons. The maximum absolute atomic E-state index is 12.9. The zero-order valence-electron chi connectivity index (χ0n) is 17.5. The number of amides is 2. The Kier molecular flexibility index (Phi) is 6.08. The summed E-state index contributed by atoms with van der Waals surface area (Å²) < 4.78 is 1.45. The lowest BCUT2D eigenvalue weighted by Gasteiger charge is -2.23. The average Bonchev–Trinajstić information content (AvgIpc) is 3.26. The van der Waals surface area contributed by atoms with E-state index in [-0.39, 0.29) is 30.3 Å². The first kappa shape index (κ1) is 21.1. The number of anilines is 1. The van der Waals surface area contributed by atoms with Crippen LogP contribution in [0.25, 0.3) is 10.9 Å². The highest BCUT2D eigenvalue weighted by Crippen LogP contribution is 2.24. The Labute approximate surface area is 184 Å². The Balaban J connectivity index is 1.42. The molecular weight excluding hydrogens is 412 g/mol. The van der Waals surface area contributed by atoms with Crippen LogP contribution in [-0.2, 0) is 16.1 Å². The summed E-state index contributed by atoms with van der Waals surface area (Å²) >= 11 is 1.55. The number of aromatic nitrogens is 2. The SMILES string of the molecule is Cc1ccc(NC(=O)C2CSCN2C(=O)CCn2cnc3ccccc3c2=O)cc1C.